The van der Waals surface area contributed by atoms with Gasteiger partial charge >= 0.3 is 52.4 Å². The third kappa shape index (κ3) is 18.5. The van der Waals surface area contributed by atoms with Gasteiger partial charge in [-0.2, -0.15) is 24.3 Å². The summed E-state index contributed by atoms with van der Waals surface area (Å²) < 4.78 is 0. The second kappa shape index (κ2) is 37.1. The minimum absolute atomic E-state index is 0. The summed E-state index contributed by atoms with van der Waals surface area (Å²) >= 11 is 0. The molecule has 468 valence electrons. The normalized spacial score (nSPS) is 15.7. The molecule has 12 aromatic carbocycles. The van der Waals surface area contributed by atoms with E-state index in [0.29, 0.717) is 0 Å². The first-order chi connectivity index (χ1) is 43.7. The molecule has 4 aliphatic carbocycles. The molecule has 0 radical (unpaired) electrons. The molecular weight excluding hydrogens is 1390 g/mol. The van der Waals surface area contributed by atoms with Crippen molar-refractivity contribution in [2.24, 2.45) is 0 Å². The zero-order chi connectivity index (χ0) is 59.1. The number of hydrogen-bond acceptors (Lipinski definition) is 0. The first-order valence-corrected chi connectivity index (χ1v) is 39.3. The quantitative estimate of drug-likeness (QED) is 0.0845. The predicted molar refractivity (Wildman–Crippen MR) is 396 cm³/mol. The molecule has 0 aromatic heterocycles. The van der Waals surface area contributed by atoms with Gasteiger partial charge in [0, 0.05) is 0 Å². The summed E-state index contributed by atoms with van der Waals surface area (Å²) in [4.78, 5) is 0. The van der Waals surface area contributed by atoms with Crippen molar-refractivity contribution in [3.63, 3.8) is 0 Å². The molecule has 0 unspecified atom stereocenters. The molecule has 0 nitrogen and oxygen atoms in total. The van der Waals surface area contributed by atoms with Crippen molar-refractivity contribution in [3.05, 3.63) is 267 Å². The molecule has 0 bridgehead atoms. The maximum atomic E-state index is 2.55. The van der Waals surface area contributed by atoms with Crippen LogP contribution in [0.5, 0.6) is 0 Å². The van der Waals surface area contributed by atoms with Gasteiger partial charge in [-0.15, -0.1) is 161 Å². The van der Waals surface area contributed by atoms with E-state index < -0.39 is 15.8 Å². The summed E-state index contributed by atoms with van der Waals surface area (Å²) in [7, 11) is -0.863. The average Bonchev–Trinajstić information content (AvgIpc) is 1.87. The molecular formula is C84H88Cl2P4Zr2-2. The molecule has 0 atom stereocenters. The Morgan fingerprint density at radius 1 is 0.228 bits per heavy atom. The van der Waals surface area contributed by atoms with Gasteiger partial charge in [0.2, 0.25) is 0 Å². The molecule has 0 heterocycles. The first kappa shape index (κ1) is 72.5. The van der Waals surface area contributed by atoms with Gasteiger partial charge in [-0.1, -0.05) is 238 Å². The SMILES string of the molecule is [Cl-].[Cl-].[Zr+2].[Zr+2].c1ccc(P(c2ccccc2)c2cc3ccccc3[cH-]2)cc1.c1ccc(P(c2ccccc2)c2cc3ccccc3[cH-]2)cc1.c1ccc2[cH-]c(P(C3CCCCC3)C3CCCCC3)cc2c1.c1ccc2[cH-]c(P(C3CCCCC3)C3CCCCC3)cc2c1. The maximum Gasteiger partial charge on any atom is 2.00 e. The fraction of sp³-hybridized carbons (Fsp3) is 0.286. The number of rotatable bonds is 12. The molecule has 92 heavy (non-hydrogen) atoms. The Hall–Kier alpha value is -3.73. The van der Waals surface area contributed by atoms with Crippen LogP contribution in [-0.2, 0) is 52.4 Å². The van der Waals surface area contributed by atoms with Crippen LogP contribution in [0.2, 0.25) is 0 Å². The van der Waals surface area contributed by atoms with Crippen molar-refractivity contribution in [2.45, 2.75) is 151 Å². The molecule has 16 rings (SSSR count). The van der Waals surface area contributed by atoms with Gasteiger partial charge in [0.15, 0.2) is 0 Å². The molecule has 0 aliphatic heterocycles. The zero-order valence-electron chi connectivity index (χ0n) is 53.4. The van der Waals surface area contributed by atoms with E-state index in [1.165, 1.54) is 203 Å². The second-order valence-electron chi connectivity index (χ2n) is 25.4. The molecule has 8 heteroatoms. The summed E-state index contributed by atoms with van der Waals surface area (Å²) in [6.45, 7) is 0. The minimum Gasteiger partial charge on any atom is -1.00 e. The van der Waals surface area contributed by atoms with E-state index in [0.717, 1.165) is 22.6 Å². The third-order valence-electron chi connectivity index (χ3n) is 19.5. The fourth-order valence-corrected chi connectivity index (χ4v) is 27.6. The van der Waals surface area contributed by atoms with Gasteiger partial charge in [-0.3, -0.25) is 0 Å². The van der Waals surface area contributed by atoms with Crippen molar-refractivity contribution < 1.29 is 77.2 Å². The van der Waals surface area contributed by atoms with Crippen LogP contribution in [-0.4, -0.2) is 22.6 Å². The Labute approximate surface area is 606 Å². The van der Waals surface area contributed by atoms with Gasteiger partial charge < -0.3 is 24.8 Å². The van der Waals surface area contributed by atoms with Gasteiger partial charge in [0.1, 0.15) is 0 Å². The topological polar surface area (TPSA) is 0 Å². The first-order valence-electron chi connectivity index (χ1n) is 33.7. The van der Waals surface area contributed by atoms with E-state index in [2.05, 4.69) is 267 Å². The third-order valence-corrected chi connectivity index (χ3v) is 31.2. The van der Waals surface area contributed by atoms with Crippen LogP contribution in [0.1, 0.15) is 128 Å². The van der Waals surface area contributed by atoms with E-state index in [-0.39, 0.29) is 93.1 Å². The summed E-state index contributed by atoms with van der Waals surface area (Å²) in [6, 6.07) is 98.2. The molecule has 0 spiro atoms. The maximum absolute atomic E-state index is 2.55. The van der Waals surface area contributed by atoms with Crippen LogP contribution in [0.4, 0.5) is 0 Å². The van der Waals surface area contributed by atoms with Crippen LogP contribution >= 0.6 is 31.7 Å². The van der Waals surface area contributed by atoms with Crippen molar-refractivity contribution in [1.82, 2.24) is 0 Å². The predicted octanol–water partition coefficient (Wildman–Crippen LogP) is 15.3. The van der Waals surface area contributed by atoms with Crippen molar-refractivity contribution in [2.75, 3.05) is 0 Å². The fourth-order valence-electron chi connectivity index (χ4n) is 15.2. The summed E-state index contributed by atoms with van der Waals surface area (Å²) in [6.07, 6.45) is 29.8. The minimum atomic E-state index is -0.493. The van der Waals surface area contributed by atoms with Gasteiger partial charge in [-0.25, -0.2) is 0 Å². The van der Waals surface area contributed by atoms with Gasteiger partial charge in [0.05, 0.1) is 0 Å². The Morgan fingerprint density at radius 2 is 0.424 bits per heavy atom. The van der Waals surface area contributed by atoms with Crippen molar-refractivity contribution in [3.8, 4) is 0 Å². The van der Waals surface area contributed by atoms with Crippen LogP contribution in [0.25, 0.3) is 43.1 Å². The molecule has 12 aromatic rings. The Bertz CT molecular complexity index is 3510. The average molecular weight is 1470 g/mol. The molecule has 4 fully saturated rings. The number of halogens is 2. The molecule has 0 saturated heterocycles. The van der Waals surface area contributed by atoms with Gasteiger partial charge in [0.25, 0.3) is 0 Å². The monoisotopic (exact) mass is 1470 g/mol. The molecule has 0 amide bonds. The number of fused-ring (bicyclic) bond motifs is 4. The Morgan fingerprint density at radius 3 is 0.652 bits per heavy atom. The van der Waals surface area contributed by atoms with Crippen LogP contribution in [0.15, 0.2) is 267 Å². The van der Waals surface area contributed by atoms with Crippen LogP contribution in [0, 0.1) is 0 Å². The van der Waals surface area contributed by atoms with Crippen LogP contribution < -0.4 is 67.3 Å². The van der Waals surface area contributed by atoms with E-state index in [1.54, 1.807) is 10.6 Å². The molecule has 4 saturated carbocycles. The number of hydrogen-bond donors (Lipinski definition) is 0. The standard InChI is InChI=1S/2C21H28P.2C21H16P.2ClH.2Zr/c4*1-3-11-19(12-4-1)22(20-13-5-2-6-14-20)21-15-17-9-7-8-10-18(17)16-21;;;;/h2*7-10,15-16,19-20H,1-6,11-14H2;2*1-16H;2*1H;;/q4*-1;;;2*+2/p-2. The van der Waals surface area contributed by atoms with Crippen LogP contribution in [0.3, 0.4) is 0 Å². The van der Waals surface area contributed by atoms with Crippen molar-refractivity contribution in [1.29, 1.82) is 0 Å². The molecule has 4 aliphatic rings. The van der Waals surface area contributed by atoms with E-state index in [4.69, 9.17) is 0 Å². The van der Waals surface area contributed by atoms with E-state index in [1.807, 2.05) is 0 Å². The van der Waals surface area contributed by atoms with Crippen molar-refractivity contribution >= 4 is 117 Å². The Balaban J connectivity index is 0.000000143. The number of benzene rings is 8. The largest absolute Gasteiger partial charge is 2.00 e. The summed E-state index contributed by atoms with van der Waals surface area (Å²) in [5.41, 5.74) is 4.07. The summed E-state index contributed by atoms with van der Waals surface area (Å²) in [5, 5.41) is 23.1. The second-order valence-corrected chi connectivity index (χ2v) is 35.4. The molecule has 0 N–H and O–H groups in total. The summed E-state index contributed by atoms with van der Waals surface area (Å²) in [5.74, 6) is 0. The van der Waals surface area contributed by atoms with E-state index >= 15 is 0 Å². The smallest absolute Gasteiger partial charge is 1.00 e. The zero-order valence-corrected chi connectivity index (χ0v) is 63.4. The Kier molecular flexibility index (Phi) is 29.3. The van der Waals surface area contributed by atoms with E-state index in [9.17, 15) is 0 Å². The van der Waals surface area contributed by atoms with Gasteiger partial charge in [-0.05, 0) is 111 Å².